The summed E-state index contributed by atoms with van der Waals surface area (Å²) in [7, 11) is 1.64. The van der Waals surface area contributed by atoms with Gasteiger partial charge in [0.05, 0.1) is 12.1 Å². The lowest BCUT2D eigenvalue weighted by molar-refractivity contribution is -0.128. The predicted molar refractivity (Wildman–Crippen MR) is 79.2 cm³/mol. The average Bonchev–Trinajstić information content (AvgIpc) is 2.48. The van der Waals surface area contributed by atoms with Gasteiger partial charge >= 0.3 is 0 Å². The number of nitrogens with two attached hydrogens (primary N) is 1. The molecule has 1 saturated heterocycles. The molecule has 1 aliphatic rings. The van der Waals surface area contributed by atoms with Crippen molar-refractivity contribution in [2.24, 2.45) is 5.73 Å². The van der Waals surface area contributed by atoms with E-state index in [0.29, 0.717) is 19.4 Å². The molecule has 0 aromatic rings. The standard InChI is InChI=1S/C14H28N4O2/c1-4-14(15,5-2)13(20)17-11-6-8-18(9-7-11)10-12(19)16-3/h11H,4-10,15H2,1-3H3,(H,16,19)(H,17,20). The summed E-state index contributed by atoms with van der Waals surface area (Å²) >= 11 is 0. The zero-order valence-electron chi connectivity index (χ0n) is 12.9. The van der Waals surface area contributed by atoms with Crippen LogP contribution in [0.1, 0.15) is 39.5 Å². The monoisotopic (exact) mass is 284 g/mol. The van der Waals surface area contributed by atoms with Crippen molar-refractivity contribution < 1.29 is 9.59 Å². The summed E-state index contributed by atoms with van der Waals surface area (Å²) in [5.74, 6) is -0.0160. The number of piperidine rings is 1. The first kappa shape index (κ1) is 16.9. The highest BCUT2D eigenvalue weighted by Gasteiger charge is 2.32. The van der Waals surface area contributed by atoms with Crippen LogP contribution >= 0.6 is 0 Å². The molecule has 6 nitrogen and oxygen atoms in total. The molecule has 1 fully saturated rings. The number of carbonyl (C=O) groups is 2. The molecule has 4 N–H and O–H groups in total. The van der Waals surface area contributed by atoms with Gasteiger partial charge in [-0.2, -0.15) is 0 Å². The van der Waals surface area contributed by atoms with Crippen molar-refractivity contribution in [1.82, 2.24) is 15.5 Å². The lowest BCUT2D eigenvalue weighted by Gasteiger charge is -2.34. The summed E-state index contributed by atoms with van der Waals surface area (Å²) in [4.78, 5) is 25.6. The fraction of sp³-hybridized carbons (Fsp3) is 0.857. The van der Waals surface area contributed by atoms with Crippen LogP contribution in [0.25, 0.3) is 0 Å². The van der Waals surface area contributed by atoms with E-state index in [0.717, 1.165) is 25.9 Å². The number of hydrogen-bond acceptors (Lipinski definition) is 4. The maximum atomic E-state index is 12.2. The lowest BCUT2D eigenvalue weighted by Crippen LogP contribution is -2.57. The third-order valence-electron chi connectivity index (χ3n) is 4.28. The molecule has 2 amide bonds. The summed E-state index contributed by atoms with van der Waals surface area (Å²) in [6, 6.07) is 0.171. The van der Waals surface area contributed by atoms with Gasteiger partial charge in [0.2, 0.25) is 11.8 Å². The number of carbonyl (C=O) groups excluding carboxylic acids is 2. The Morgan fingerprint density at radius 3 is 2.25 bits per heavy atom. The van der Waals surface area contributed by atoms with Gasteiger partial charge in [-0.3, -0.25) is 14.5 Å². The van der Waals surface area contributed by atoms with E-state index in [-0.39, 0.29) is 17.9 Å². The number of nitrogens with one attached hydrogen (secondary N) is 2. The van der Waals surface area contributed by atoms with Crippen molar-refractivity contribution in [3.05, 3.63) is 0 Å². The molecule has 0 bridgehead atoms. The van der Waals surface area contributed by atoms with E-state index in [1.54, 1.807) is 7.05 Å². The van der Waals surface area contributed by atoms with Crippen LogP contribution in [0.5, 0.6) is 0 Å². The summed E-state index contributed by atoms with van der Waals surface area (Å²) in [5, 5.41) is 5.68. The first-order valence-corrected chi connectivity index (χ1v) is 7.48. The molecule has 0 radical (unpaired) electrons. The summed E-state index contributed by atoms with van der Waals surface area (Å²) in [5.41, 5.74) is 5.34. The van der Waals surface area contributed by atoms with Gasteiger partial charge in [0, 0.05) is 26.2 Å². The van der Waals surface area contributed by atoms with Gasteiger partial charge in [0.15, 0.2) is 0 Å². The minimum atomic E-state index is -0.751. The lowest BCUT2D eigenvalue weighted by atomic mass is 9.92. The molecular weight excluding hydrogens is 256 g/mol. The maximum absolute atomic E-state index is 12.2. The van der Waals surface area contributed by atoms with E-state index in [1.165, 1.54) is 0 Å². The van der Waals surface area contributed by atoms with E-state index in [1.807, 2.05) is 13.8 Å². The molecule has 0 atom stereocenters. The molecule has 0 aliphatic carbocycles. The molecule has 1 aliphatic heterocycles. The second-order valence-corrected chi connectivity index (χ2v) is 5.56. The van der Waals surface area contributed by atoms with Crippen molar-refractivity contribution in [3.63, 3.8) is 0 Å². The van der Waals surface area contributed by atoms with Crippen LogP contribution in [0.2, 0.25) is 0 Å². The van der Waals surface area contributed by atoms with Crippen LogP contribution in [-0.2, 0) is 9.59 Å². The second kappa shape index (κ2) is 7.59. The van der Waals surface area contributed by atoms with Crippen molar-refractivity contribution in [3.8, 4) is 0 Å². The minimum absolute atomic E-state index is 0.0328. The molecule has 0 unspecified atom stereocenters. The van der Waals surface area contributed by atoms with Crippen LogP contribution in [0.15, 0.2) is 0 Å². The molecular formula is C14H28N4O2. The van der Waals surface area contributed by atoms with Crippen LogP contribution in [0, 0.1) is 0 Å². The zero-order valence-corrected chi connectivity index (χ0v) is 12.9. The van der Waals surface area contributed by atoms with Gasteiger partial charge in [-0.1, -0.05) is 13.8 Å². The van der Waals surface area contributed by atoms with Gasteiger partial charge in [0.1, 0.15) is 0 Å². The van der Waals surface area contributed by atoms with Gasteiger partial charge in [-0.25, -0.2) is 0 Å². The molecule has 1 heterocycles. The fourth-order valence-corrected chi connectivity index (χ4v) is 2.42. The quantitative estimate of drug-likeness (QED) is 0.632. The Labute approximate surface area is 121 Å². The second-order valence-electron chi connectivity index (χ2n) is 5.56. The van der Waals surface area contributed by atoms with E-state index >= 15 is 0 Å². The third-order valence-corrected chi connectivity index (χ3v) is 4.28. The van der Waals surface area contributed by atoms with Crippen LogP contribution in [0.3, 0.4) is 0 Å². The van der Waals surface area contributed by atoms with Crippen molar-refractivity contribution in [1.29, 1.82) is 0 Å². The Kier molecular flexibility index (Phi) is 6.42. The van der Waals surface area contributed by atoms with Gasteiger partial charge in [-0.15, -0.1) is 0 Å². The van der Waals surface area contributed by atoms with Crippen molar-refractivity contribution >= 4 is 11.8 Å². The first-order valence-electron chi connectivity index (χ1n) is 7.48. The highest BCUT2D eigenvalue weighted by atomic mass is 16.2. The molecule has 20 heavy (non-hydrogen) atoms. The topological polar surface area (TPSA) is 87.5 Å². The number of amides is 2. The molecule has 116 valence electrons. The Balaban J connectivity index is 2.39. The molecule has 0 aromatic heterocycles. The van der Waals surface area contributed by atoms with Gasteiger partial charge in [-0.05, 0) is 25.7 Å². The van der Waals surface area contributed by atoms with Crippen molar-refractivity contribution in [2.45, 2.75) is 51.1 Å². The fourth-order valence-electron chi connectivity index (χ4n) is 2.42. The number of nitrogens with zero attached hydrogens (tertiary/aromatic N) is 1. The minimum Gasteiger partial charge on any atom is -0.358 e. The zero-order chi connectivity index (χ0) is 15.2. The number of likely N-dealkylation sites (tertiary alicyclic amines) is 1. The summed E-state index contributed by atoms with van der Waals surface area (Å²) in [6.45, 7) is 5.97. The number of likely N-dealkylation sites (N-methyl/N-ethyl adjacent to an activating group) is 1. The number of rotatable bonds is 6. The highest BCUT2D eigenvalue weighted by molar-refractivity contribution is 5.86. The molecule has 0 spiro atoms. The van der Waals surface area contributed by atoms with E-state index in [9.17, 15) is 9.59 Å². The van der Waals surface area contributed by atoms with Crippen molar-refractivity contribution in [2.75, 3.05) is 26.7 Å². The maximum Gasteiger partial charge on any atom is 0.240 e. The average molecular weight is 284 g/mol. The van der Waals surface area contributed by atoms with Crippen LogP contribution in [0.4, 0.5) is 0 Å². The molecule has 0 saturated carbocycles. The molecule has 6 heteroatoms. The number of hydrogen-bond donors (Lipinski definition) is 3. The normalized spacial score (nSPS) is 17.8. The highest BCUT2D eigenvalue weighted by Crippen LogP contribution is 2.15. The smallest absolute Gasteiger partial charge is 0.240 e. The largest absolute Gasteiger partial charge is 0.358 e. The SMILES string of the molecule is CCC(N)(CC)C(=O)NC1CCN(CC(=O)NC)CC1. The molecule has 0 aromatic carbocycles. The van der Waals surface area contributed by atoms with E-state index in [2.05, 4.69) is 15.5 Å². The first-order chi connectivity index (χ1) is 9.45. The Hall–Kier alpha value is -1.14. The van der Waals surface area contributed by atoms with Gasteiger partial charge < -0.3 is 16.4 Å². The summed E-state index contributed by atoms with van der Waals surface area (Å²) < 4.78 is 0. The van der Waals surface area contributed by atoms with E-state index in [4.69, 9.17) is 5.73 Å². The molecule has 1 rings (SSSR count). The Morgan fingerprint density at radius 1 is 1.25 bits per heavy atom. The summed E-state index contributed by atoms with van der Waals surface area (Å²) in [6.07, 6.45) is 3.02. The predicted octanol–water partition coefficient (Wildman–Crippen LogP) is -0.169. The van der Waals surface area contributed by atoms with E-state index < -0.39 is 5.54 Å². The third kappa shape index (κ3) is 4.45. The van der Waals surface area contributed by atoms with Gasteiger partial charge in [0.25, 0.3) is 0 Å². The Bertz CT molecular complexity index is 334. The Morgan fingerprint density at radius 2 is 1.80 bits per heavy atom. The van der Waals surface area contributed by atoms with Crippen LogP contribution in [-0.4, -0.2) is 55.0 Å². The van der Waals surface area contributed by atoms with Crippen LogP contribution < -0.4 is 16.4 Å².